The Hall–Kier alpha value is -1.66. The number of ether oxygens (including phenoxy) is 1. The lowest BCUT2D eigenvalue weighted by atomic mass is 10.1. The first-order chi connectivity index (χ1) is 10.1. The van der Waals surface area contributed by atoms with Crippen LogP contribution in [0.1, 0.15) is 17.5 Å². The van der Waals surface area contributed by atoms with E-state index in [4.69, 9.17) is 22.7 Å². The van der Waals surface area contributed by atoms with E-state index in [1.54, 1.807) is 0 Å². The van der Waals surface area contributed by atoms with Crippen LogP contribution in [-0.4, -0.2) is 48.6 Å². The zero-order chi connectivity index (χ0) is 15.2. The fourth-order valence-corrected chi connectivity index (χ4v) is 2.47. The molecule has 1 aromatic carbocycles. The van der Waals surface area contributed by atoms with E-state index in [1.807, 2.05) is 30.0 Å². The predicted molar refractivity (Wildman–Crippen MR) is 87.6 cm³/mol. The van der Waals surface area contributed by atoms with Crippen molar-refractivity contribution >= 4 is 28.8 Å². The van der Waals surface area contributed by atoms with Crippen LogP contribution in [0.2, 0.25) is 0 Å². The number of hydrogen-bond donors (Lipinski definition) is 2. The van der Waals surface area contributed by atoms with Gasteiger partial charge in [-0.1, -0.05) is 18.3 Å². The molecule has 1 heterocycles. The molecule has 3 N–H and O–H groups in total. The number of amides is 1. The SMILES string of the molecule is Cc1ccc(C(N)=S)c(NCCC(=O)N2CCOCC2)c1. The molecular formula is C15H21N3O2S. The van der Waals surface area contributed by atoms with Gasteiger partial charge in [-0.05, 0) is 24.6 Å². The number of carbonyl (C=O) groups excluding carboxylic acids is 1. The summed E-state index contributed by atoms with van der Waals surface area (Å²) < 4.78 is 5.24. The quantitative estimate of drug-likeness (QED) is 0.802. The average molecular weight is 307 g/mol. The molecule has 1 aliphatic rings. The molecule has 0 unspecified atom stereocenters. The minimum Gasteiger partial charge on any atom is -0.389 e. The molecule has 6 heteroatoms. The van der Waals surface area contributed by atoms with Crippen molar-refractivity contribution < 1.29 is 9.53 Å². The average Bonchev–Trinajstić information content (AvgIpc) is 2.48. The Morgan fingerprint density at radius 1 is 1.43 bits per heavy atom. The van der Waals surface area contributed by atoms with Crippen LogP contribution < -0.4 is 11.1 Å². The molecule has 0 aromatic heterocycles. The summed E-state index contributed by atoms with van der Waals surface area (Å²) in [5, 5.41) is 3.26. The van der Waals surface area contributed by atoms with E-state index < -0.39 is 0 Å². The monoisotopic (exact) mass is 307 g/mol. The normalized spacial score (nSPS) is 14.8. The smallest absolute Gasteiger partial charge is 0.224 e. The molecular weight excluding hydrogens is 286 g/mol. The van der Waals surface area contributed by atoms with Crippen LogP contribution in [0.5, 0.6) is 0 Å². The fourth-order valence-electron chi connectivity index (χ4n) is 2.29. The van der Waals surface area contributed by atoms with Crippen LogP contribution in [0, 0.1) is 6.92 Å². The highest BCUT2D eigenvalue weighted by Gasteiger charge is 2.16. The number of aryl methyl sites for hydroxylation is 1. The van der Waals surface area contributed by atoms with Gasteiger partial charge in [0.15, 0.2) is 0 Å². The maximum Gasteiger partial charge on any atom is 0.224 e. The number of hydrogen-bond acceptors (Lipinski definition) is 4. The molecule has 5 nitrogen and oxygen atoms in total. The van der Waals surface area contributed by atoms with Crippen molar-refractivity contribution in [2.45, 2.75) is 13.3 Å². The number of morpholine rings is 1. The Balaban J connectivity index is 1.89. The topological polar surface area (TPSA) is 67.6 Å². The van der Waals surface area contributed by atoms with Gasteiger partial charge in [-0.2, -0.15) is 0 Å². The fraction of sp³-hybridized carbons (Fsp3) is 0.467. The van der Waals surface area contributed by atoms with Crippen LogP contribution >= 0.6 is 12.2 Å². The maximum atomic E-state index is 12.1. The van der Waals surface area contributed by atoms with Crippen LogP contribution in [0.4, 0.5) is 5.69 Å². The van der Waals surface area contributed by atoms with Crippen molar-refractivity contribution in [3.05, 3.63) is 29.3 Å². The molecule has 0 bridgehead atoms. The summed E-state index contributed by atoms with van der Waals surface area (Å²) in [6.45, 7) is 5.19. The van der Waals surface area contributed by atoms with E-state index >= 15 is 0 Å². The van der Waals surface area contributed by atoms with E-state index in [0.717, 1.165) is 16.8 Å². The summed E-state index contributed by atoms with van der Waals surface area (Å²) in [4.78, 5) is 14.3. The summed E-state index contributed by atoms with van der Waals surface area (Å²) in [5.41, 5.74) is 8.54. The summed E-state index contributed by atoms with van der Waals surface area (Å²) in [7, 11) is 0. The van der Waals surface area contributed by atoms with Gasteiger partial charge >= 0.3 is 0 Å². The molecule has 114 valence electrons. The van der Waals surface area contributed by atoms with Crippen molar-refractivity contribution in [2.24, 2.45) is 5.73 Å². The number of rotatable bonds is 5. The van der Waals surface area contributed by atoms with E-state index in [0.29, 0.717) is 44.3 Å². The third-order valence-corrected chi connectivity index (χ3v) is 3.68. The number of carbonyl (C=O) groups is 1. The van der Waals surface area contributed by atoms with Gasteiger partial charge in [-0.3, -0.25) is 4.79 Å². The Morgan fingerprint density at radius 2 is 2.14 bits per heavy atom. The molecule has 2 rings (SSSR count). The van der Waals surface area contributed by atoms with Crippen molar-refractivity contribution in [1.29, 1.82) is 0 Å². The van der Waals surface area contributed by atoms with Crippen molar-refractivity contribution in [3.8, 4) is 0 Å². The zero-order valence-electron chi connectivity index (χ0n) is 12.2. The van der Waals surface area contributed by atoms with Crippen LogP contribution in [0.3, 0.4) is 0 Å². The van der Waals surface area contributed by atoms with Crippen molar-refractivity contribution in [3.63, 3.8) is 0 Å². The lowest BCUT2D eigenvalue weighted by Crippen LogP contribution is -2.41. The van der Waals surface area contributed by atoms with E-state index in [9.17, 15) is 4.79 Å². The highest BCUT2D eigenvalue weighted by molar-refractivity contribution is 7.80. The number of nitrogens with zero attached hydrogens (tertiary/aromatic N) is 1. The standard InChI is InChI=1S/C15H21N3O2S/c1-11-2-3-12(15(16)21)13(10-11)17-5-4-14(19)18-6-8-20-9-7-18/h2-3,10,17H,4-9H2,1H3,(H2,16,21). The Bertz CT molecular complexity index is 528. The molecule has 1 aliphatic heterocycles. The van der Waals surface area contributed by atoms with Gasteiger partial charge in [0.2, 0.25) is 5.91 Å². The van der Waals surface area contributed by atoms with Crippen molar-refractivity contribution in [2.75, 3.05) is 38.2 Å². The first-order valence-corrected chi connectivity index (χ1v) is 7.48. The van der Waals surface area contributed by atoms with Gasteiger partial charge in [-0.25, -0.2) is 0 Å². The number of nitrogens with one attached hydrogen (secondary N) is 1. The molecule has 1 saturated heterocycles. The third-order valence-electron chi connectivity index (χ3n) is 3.46. The lowest BCUT2D eigenvalue weighted by molar-refractivity contribution is -0.134. The predicted octanol–water partition coefficient (Wildman–Crippen LogP) is 1.29. The molecule has 0 aliphatic carbocycles. The minimum atomic E-state index is 0.148. The molecule has 1 amide bonds. The first-order valence-electron chi connectivity index (χ1n) is 7.08. The Kier molecular flexibility index (Phi) is 5.52. The van der Waals surface area contributed by atoms with E-state index in [2.05, 4.69) is 5.32 Å². The second-order valence-corrected chi connectivity index (χ2v) is 5.52. The number of benzene rings is 1. The largest absolute Gasteiger partial charge is 0.389 e. The van der Waals surface area contributed by atoms with Crippen molar-refractivity contribution in [1.82, 2.24) is 4.90 Å². The summed E-state index contributed by atoms with van der Waals surface area (Å²) in [6.07, 6.45) is 0.449. The van der Waals surface area contributed by atoms with Crippen LogP contribution in [-0.2, 0) is 9.53 Å². The van der Waals surface area contributed by atoms with E-state index in [-0.39, 0.29) is 5.91 Å². The second-order valence-electron chi connectivity index (χ2n) is 5.08. The van der Waals surface area contributed by atoms with Gasteiger partial charge in [0.1, 0.15) is 4.99 Å². The molecule has 0 atom stereocenters. The lowest BCUT2D eigenvalue weighted by Gasteiger charge is -2.27. The maximum absolute atomic E-state index is 12.1. The van der Waals surface area contributed by atoms with Crippen LogP contribution in [0.15, 0.2) is 18.2 Å². The minimum absolute atomic E-state index is 0.148. The number of nitrogens with two attached hydrogens (primary N) is 1. The highest BCUT2D eigenvalue weighted by atomic mass is 32.1. The molecule has 0 radical (unpaired) electrons. The second kappa shape index (κ2) is 7.38. The molecule has 1 aromatic rings. The molecule has 21 heavy (non-hydrogen) atoms. The third kappa shape index (κ3) is 4.41. The van der Waals surface area contributed by atoms with Gasteiger partial charge in [-0.15, -0.1) is 0 Å². The van der Waals surface area contributed by atoms with Crippen LogP contribution in [0.25, 0.3) is 0 Å². The molecule has 0 spiro atoms. The highest BCUT2D eigenvalue weighted by Crippen LogP contribution is 2.17. The Labute approximate surface area is 130 Å². The summed E-state index contributed by atoms with van der Waals surface area (Å²) in [5.74, 6) is 0.148. The van der Waals surface area contributed by atoms with E-state index in [1.165, 1.54) is 0 Å². The zero-order valence-corrected chi connectivity index (χ0v) is 13.0. The molecule has 1 fully saturated rings. The molecule has 0 saturated carbocycles. The van der Waals surface area contributed by atoms with Gasteiger partial charge < -0.3 is 20.7 Å². The van der Waals surface area contributed by atoms with Gasteiger partial charge in [0.25, 0.3) is 0 Å². The first kappa shape index (κ1) is 15.7. The number of thiocarbonyl (C=S) groups is 1. The Morgan fingerprint density at radius 3 is 2.81 bits per heavy atom. The number of anilines is 1. The van der Waals surface area contributed by atoms with Gasteiger partial charge in [0.05, 0.1) is 13.2 Å². The van der Waals surface area contributed by atoms with Gasteiger partial charge in [0, 0.05) is 37.3 Å². The summed E-state index contributed by atoms with van der Waals surface area (Å²) >= 11 is 5.05. The summed E-state index contributed by atoms with van der Waals surface area (Å²) in [6, 6.07) is 5.87.